The third kappa shape index (κ3) is 6.28. The zero-order chi connectivity index (χ0) is 21.5. The lowest BCUT2D eigenvalue weighted by molar-refractivity contribution is -0.134. The monoisotopic (exact) mass is 435 g/mol. The van der Waals surface area contributed by atoms with E-state index < -0.39 is 5.82 Å². The summed E-state index contributed by atoms with van der Waals surface area (Å²) in [6, 6.07) is 4.35. The van der Waals surface area contributed by atoms with E-state index in [1.165, 1.54) is 25.8 Å². The van der Waals surface area contributed by atoms with Gasteiger partial charge in [0.15, 0.2) is 5.78 Å². The van der Waals surface area contributed by atoms with Crippen molar-refractivity contribution >= 4 is 29.4 Å². The zero-order valence-corrected chi connectivity index (χ0v) is 18.4. The smallest absolute Gasteiger partial charge is 0.236 e. The lowest BCUT2D eigenvalue weighted by Crippen LogP contribution is -2.52. The summed E-state index contributed by atoms with van der Waals surface area (Å²) in [6.45, 7) is 6.06. The van der Waals surface area contributed by atoms with Crippen LogP contribution >= 0.6 is 11.8 Å². The van der Waals surface area contributed by atoms with Crippen LogP contribution in [-0.4, -0.2) is 83.9 Å². The number of rotatable bonds is 6. The van der Waals surface area contributed by atoms with Gasteiger partial charge in [0.2, 0.25) is 11.8 Å². The Labute approximate surface area is 181 Å². The van der Waals surface area contributed by atoms with Gasteiger partial charge in [0.25, 0.3) is 0 Å². The van der Waals surface area contributed by atoms with Gasteiger partial charge in [-0.25, -0.2) is 4.39 Å². The fourth-order valence-electron chi connectivity index (χ4n) is 3.83. The average Bonchev–Trinajstić information content (AvgIpc) is 3.02. The minimum Gasteiger partial charge on any atom is -0.342 e. The fourth-order valence-corrected chi connectivity index (χ4v) is 4.66. The molecule has 6 nitrogen and oxygen atoms in total. The van der Waals surface area contributed by atoms with E-state index in [0.29, 0.717) is 43.2 Å². The first-order valence-corrected chi connectivity index (χ1v) is 11.6. The number of carbonyl (C=O) groups excluding carboxylic acids is 3. The predicted octanol–water partition coefficient (Wildman–Crippen LogP) is 2.67. The molecule has 2 aliphatic heterocycles. The quantitative estimate of drug-likeness (QED) is 0.508. The lowest BCUT2D eigenvalue weighted by atomic mass is 10.1. The summed E-state index contributed by atoms with van der Waals surface area (Å²) in [4.78, 5) is 42.6. The van der Waals surface area contributed by atoms with Gasteiger partial charge in [-0.1, -0.05) is 18.9 Å². The van der Waals surface area contributed by atoms with Gasteiger partial charge in [0.05, 0.1) is 12.3 Å². The second-order valence-electron chi connectivity index (χ2n) is 7.94. The number of likely N-dealkylation sites (tertiary alicyclic amines) is 1. The minimum absolute atomic E-state index is 0.0338. The third-order valence-electron chi connectivity index (χ3n) is 5.73. The summed E-state index contributed by atoms with van der Waals surface area (Å²) >= 11 is 1.15. The van der Waals surface area contributed by atoms with Crippen LogP contribution in [0.25, 0.3) is 0 Å². The second-order valence-corrected chi connectivity index (χ2v) is 8.96. The van der Waals surface area contributed by atoms with Gasteiger partial charge in [-0.05, 0) is 31.9 Å². The first-order valence-electron chi connectivity index (χ1n) is 10.7. The van der Waals surface area contributed by atoms with E-state index in [1.54, 1.807) is 17.0 Å². The molecule has 2 amide bonds. The van der Waals surface area contributed by atoms with Crippen LogP contribution < -0.4 is 0 Å². The number of ketones is 1. The molecule has 2 aliphatic rings. The van der Waals surface area contributed by atoms with Crippen LogP contribution in [-0.2, 0) is 9.59 Å². The predicted molar refractivity (Wildman–Crippen MR) is 115 cm³/mol. The number of hydrogen-bond donors (Lipinski definition) is 0. The number of piperazine rings is 1. The Bertz CT molecular complexity index is 773. The summed E-state index contributed by atoms with van der Waals surface area (Å²) in [7, 11) is 0. The molecular weight excluding hydrogens is 405 g/mol. The maximum atomic E-state index is 14.1. The molecule has 2 saturated heterocycles. The Balaban J connectivity index is 1.41. The normalized spacial score (nSPS) is 18.2. The van der Waals surface area contributed by atoms with Crippen molar-refractivity contribution in [3.05, 3.63) is 29.6 Å². The van der Waals surface area contributed by atoms with Gasteiger partial charge < -0.3 is 9.80 Å². The van der Waals surface area contributed by atoms with Gasteiger partial charge in [0, 0.05) is 49.7 Å². The highest BCUT2D eigenvalue weighted by Gasteiger charge is 2.24. The first-order chi connectivity index (χ1) is 14.4. The summed E-state index contributed by atoms with van der Waals surface area (Å²) in [5, 5.41) is 0. The van der Waals surface area contributed by atoms with Gasteiger partial charge >= 0.3 is 0 Å². The van der Waals surface area contributed by atoms with Crippen LogP contribution in [0.15, 0.2) is 23.1 Å². The van der Waals surface area contributed by atoms with Gasteiger partial charge in [-0.3, -0.25) is 19.3 Å². The van der Waals surface area contributed by atoms with E-state index >= 15 is 0 Å². The highest BCUT2D eigenvalue weighted by Crippen LogP contribution is 2.23. The van der Waals surface area contributed by atoms with Crippen molar-refractivity contribution in [2.24, 2.45) is 0 Å². The minimum atomic E-state index is -0.475. The highest BCUT2D eigenvalue weighted by molar-refractivity contribution is 8.00. The molecule has 8 heteroatoms. The highest BCUT2D eigenvalue weighted by atomic mass is 32.2. The lowest BCUT2D eigenvalue weighted by Gasteiger charge is -2.35. The van der Waals surface area contributed by atoms with E-state index in [2.05, 4.69) is 4.90 Å². The molecule has 1 aromatic carbocycles. The maximum absolute atomic E-state index is 14.1. The molecule has 0 spiro atoms. The van der Waals surface area contributed by atoms with Gasteiger partial charge in [-0.15, -0.1) is 11.8 Å². The van der Waals surface area contributed by atoms with Crippen molar-refractivity contribution in [1.82, 2.24) is 14.7 Å². The molecule has 3 rings (SSSR count). The van der Waals surface area contributed by atoms with E-state index in [-0.39, 0.29) is 23.4 Å². The summed E-state index contributed by atoms with van der Waals surface area (Å²) in [6.07, 6.45) is 4.58. The second kappa shape index (κ2) is 10.9. The Hall–Kier alpha value is -1.93. The molecule has 2 heterocycles. The third-order valence-corrected chi connectivity index (χ3v) is 6.77. The SMILES string of the molecule is CC(=O)c1ccc(SCC(=O)N2CCN(CC(=O)N3CCCCCC3)CC2)c(F)c1. The molecule has 1 aromatic rings. The van der Waals surface area contributed by atoms with E-state index in [1.807, 2.05) is 4.90 Å². The summed E-state index contributed by atoms with van der Waals surface area (Å²) in [5.74, 6) is -0.348. The van der Waals surface area contributed by atoms with E-state index in [0.717, 1.165) is 37.7 Å². The summed E-state index contributed by atoms with van der Waals surface area (Å²) in [5.41, 5.74) is 0.328. The van der Waals surface area contributed by atoms with Gasteiger partial charge in [-0.2, -0.15) is 0 Å². The number of Topliss-reactive ketones (excluding diaryl/α,β-unsaturated/α-hetero) is 1. The molecule has 0 aliphatic carbocycles. The van der Waals surface area contributed by atoms with Crippen molar-refractivity contribution in [3.63, 3.8) is 0 Å². The van der Waals surface area contributed by atoms with Crippen LogP contribution in [0.5, 0.6) is 0 Å². The Morgan fingerprint density at radius 3 is 2.13 bits per heavy atom. The molecule has 0 unspecified atom stereocenters. The topological polar surface area (TPSA) is 60.9 Å². The molecule has 0 N–H and O–H groups in total. The van der Waals surface area contributed by atoms with E-state index in [4.69, 9.17) is 0 Å². The molecule has 30 heavy (non-hydrogen) atoms. The van der Waals surface area contributed by atoms with Crippen LogP contribution in [0, 0.1) is 5.82 Å². The van der Waals surface area contributed by atoms with Crippen LogP contribution in [0.3, 0.4) is 0 Å². The Morgan fingerprint density at radius 2 is 1.53 bits per heavy atom. The molecule has 0 atom stereocenters. The molecule has 164 valence electrons. The van der Waals surface area contributed by atoms with Crippen molar-refractivity contribution in [3.8, 4) is 0 Å². The zero-order valence-electron chi connectivity index (χ0n) is 17.6. The number of benzene rings is 1. The number of thioether (sulfide) groups is 1. The number of hydrogen-bond acceptors (Lipinski definition) is 5. The molecular formula is C22H30FN3O3S. The van der Waals surface area contributed by atoms with E-state index in [9.17, 15) is 18.8 Å². The fraction of sp³-hybridized carbons (Fsp3) is 0.591. The van der Waals surface area contributed by atoms with Crippen LogP contribution in [0.2, 0.25) is 0 Å². The first kappa shape index (κ1) is 22.7. The largest absolute Gasteiger partial charge is 0.342 e. The standard InChI is InChI=1S/C22H30FN3O3S/c1-17(27)18-6-7-20(19(23)14-18)30-16-22(29)26-12-10-24(11-13-26)15-21(28)25-8-4-2-3-5-9-25/h6-7,14H,2-5,8-13,15-16H2,1H3. The molecule has 0 bridgehead atoms. The number of halogens is 1. The molecule has 0 radical (unpaired) electrons. The van der Waals surface area contributed by atoms with Crippen molar-refractivity contribution < 1.29 is 18.8 Å². The molecule has 0 aromatic heterocycles. The van der Waals surface area contributed by atoms with Crippen LogP contribution in [0.4, 0.5) is 4.39 Å². The van der Waals surface area contributed by atoms with Crippen molar-refractivity contribution in [1.29, 1.82) is 0 Å². The van der Waals surface area contributed by atoms with Gasteiger partial charge in [0.1, 0.15) is 5.82 Å². The molecule has 2 fully saturated rings. The number of nitrogens with zero attached hydrogens (tertiary/aromatic N) is 3. The van der Waals surface area contributed by atoms with Crippen LogP contribution in [0.1, 0.15) is 43.0 Å². The number of amides is 2. The average molecular weight is 436 g/mol. The summed E-state index contributed by atoms with van der Waals surface area (Å²) < 4.78 is 14.1. The van der Waals surface area contributed by atoms with Crippen molar-refractivity contribution in [2.75, 3.05) is 51.6 Å². The maximum Gasteiger partial charge on any atom is 0.236 e. The number of carbonyl (C=O) groups is 3. The Kier molecular flexibility index (Phi) is 8.27. The van der Waals surface area contributed by atoms with Crippen molar-refractivity contribution in [2.45, 2.75) is 37.5 Å². The Morgan fingerprint density at radius 1 is 0.900 bits per heavy atom. The molecule has 0 saturated carbocycles.